The van der Waals surface area contributed by atoms with Gasteiger partial charge in [-0.1, -0.05) is 17.7 Å². The lowest BCUT2D eigenvalue weighted by molar-refractivity contribution is -0.139. The minimum atomic E-state index is -1.36. The number of aliphatic hydroxyl groups excluding tert-OH is 1. The van der Waals surface area contributed by atoms with Crippen molar-refractivity contribution in [1.82, 2.24) is 24.3 Å². The fraction of sp³-hybridized carbons (Fsp3) is 0.520. The molecule has 0 saturated carbocycles. The maximum absolute atomic E-state index is 12.7. The Kier molecular flexibility index (Phi) is 8.68. The van der Waals surface area contributed by atoms with E-state index in [0.717, 1.165) is 38.0 Å². The van der Waals surface area contributed by atoms with Crippen LogP contribution in [-0.2, 0) is 11.3 Å². The van der Waals surface area contributed by atoms with Gasteiger partial charge in [-0.05, 0) is 56.6 Å². The Hall–Kier alpha value is -3.03. The van der Waals surface area contributed by atoms with Gasteiger partial charge in [-0.25, -0.2) is 9.59 Å². The van der Waals surface area contributed by atoms with Gasteiger partial charge in [0.05, 0.1) is 12.3 Å². The Balaban J connectivity index is 1.35. The topological polar surface area (TPSA) is 163 Å². The summed E-state index contributed by atoms with van der Waals surface area (Å²) < 4.78 is 1.36. The monoisotopic (exact) mass is 546 g/mol. The summed E-state index contributed by atoms with van der Waals surface area (Å²) in [6.07, 6.45) is 3.47. The zero-order valence-corrected chi connectivity index (χ0v) is 22.2. The lowest BCUT2D eigenvalue weighted by atomic mass is 10.0. The molecule has 0 radical (unpaired) electrons. The predicted octanol–water partition coefficient (Wildman–Crippen LogP) is 0.195. The highest BCUT2D eigenvalue weighted by atomic mass is 35.5. The first kappa shape index (κ1) is 28.0. The van der Waals surface area contributed by atoms with E-state index in [0.29, 0.717) is 10.7 Å². The molecule has 2 saturated heterocycles. The molecule has 0 bridgehead atoms. The number of likely N-dealkylation sites (tertiary alicyclic amines) is 1. The van der Waals surface area contributed by atoms with Crippen LogP contribution in [0.2, 0.25) is 5.02 Å². The Morgan fingerprint density at radius 2 is 1.79 bits per heavy atom. The van der Waals surface area contributed by atoms with Crippen LogP contribution >= 0.6 is 11.6 Å². The SMILES string of the molecule is C[C@](N)(CO)C(=O)N1CCN(C(=O)Nc2ccn(-c3ccc(CN4CCC(N)CC4)c(Cl)c3)c(=O)n2)CC1. The number of hydrogen-bond acceptors (Lipinski definition) is 8. The molecule has 4 rings (SSSR count). The lowest BCUT2D eigenvalue weighted by Crippen LogP contribution is -2.60. The third-order valence-electron chi connectivity index (χ3n) is 7.05. The number of halogens is 1. The van der Waals surface area contributed by atoms with Crippen LogP contribution in [0.1, 0.15) is 25.3 Å². The zero-order chi connectivity index (χ0) is 27.4. The van der Waals surface area contributed by atoms with E-state index in [9.17, 15) is 19.5 Å². The van der Waals surface area contributed by atoms with Crippen molar-refractivity contribution in [3.63, 3.8) is 0 Å². The van der Waals surface area contributed by atoms with E-state index in [-0.39, 0.29) is 43.9 Å². The van der Waals surface area contributed by atoms with E-state index < -0.39 is 23.9 Å². The molecule has 1 atom stereocenters. The largest absolute Gasteiger partial charge is 0.394 e. The van der Waals surface area contributed by atoms with E-state index in [2.05, 4.69) is 15.2 Å². The average Bonchev–Trinajstić information content (AvgIpc) is 2.91. The van der Waals surface area contributed by atoms with Gasteiger partial charge in [0.1, 0.15) is 11.4 Å². The zero-order valence-electron chi connectivity index (χ0n) is 21.5. The maximum Gasteiger partial charge on any atom is 0.354 e. The summed E-state index contributed by atoms with van der Waals surface area (Å²) in [7, 11) is 0. The Labute approximate surface area is 226 Å². The van der Waals surface area contributed by atoms with Crippen molar-refractivity contribution >= 4 is 29.4 Å². The number of rotatable bonds is 6. The summed E-state index contributed by atoms with van der Waals surface area (Å²) >= 11 is 6.54. The lowest BCUT2D eigenvalue weighted by Gasteiger charge is -2.37. The van der Waals surface area contributed by atoms with Crippen LogP contribution in [0.15, 0.2) is 35.3 Å². The number of anilines is 1. The number of carbonyl (C=O) groups is 2. The van der Waals surface area contributed by atoms with Crippen LogP contribution in [0, 0.1) is 0 Å². The number of benzene rings is 1. The normalized spacial score (nSPS) is 18.8. The predicted molar refractivity (Wildman–Crippen MR) is 144 cm³/mol. The number of nitrogens with zero attached hydrogens (tertiary/aromatic N) is 5. The molecule has 2 aliphatic heterocycles. The number of amides is 3. The Bertz CT molecular complexity index is 1220. The van der Waals surface area contributed by atoms with E-state index >= 15 is 0 Å². The van der Waals surface area contributed by atoms with Crippen molar-refractivity contribution < 1.29 is 14.7 Å². The molecule has 0 aliphatic carbocycles. The first-order chi connectivity index (χ1) is 18.1. The molecule has 12 nitrogen and oxygen atoms in total. The number of nitrogens with two attached hydrogens (primary N) is 2. The molecular weight excluding hydrogens is 512 g/mol. The molecular formula is C25H35ClN8O4. The number of piperidine rings is 1. The third kappa shape index (κ3) is 6.51. The van der Waals surface area contributed by atoms with Crippen LogP contribution in [0.4, 0.5) is 10.6 Å². The number of aliphatic hydroxyl groups is 1. The van der Waals surface area contributed by atoms with Crippen molar-refractivity contribution in [3.05, 3.63) is 51.5 Å². The second-order valence-electron chi connectivity index (χ2n) is 10.1. The van der Waals surface area contributed by atoms with E-state index in [4.69, 9.17) is 23.1 Å². The first-order valence-electron chi connectivity index (χ1n) is 12.7. The van der Waals surface area contributed by atoms with Crippen molar-refractivity contribution in [2.45, 2.75) is 37.9 Å². The van der Waals surface area contributed by atoms with Gasteiger partial charge in [0.2, 0.25) is 5.91 Å². The minimum Gasteiger partial charge on any atom is -0.394 e. The van der Waals surface area contributed by atoms with Crippen LogP contribution in [0.3, 0.4) is 0 Å². The van der Waals surface area contributed by atoms with Gasteiger partial charge < -0.3 is 26.4 Å². The summed E-state index contributed by atoms with van der Waals surface area (Å²) in [5, 5.41) is 12.5. The second kappa shape index (κ2) is 11.8. The Morgan fingerprint density at radius 1 is 1.13 bits per heavy atom. The number of nitrogens with one attached hydrogen (secondary N) is 1. The number of carbonyl (C=O) groups excluding carboxylic acids is 2. The molecule has 2 aliphatic rings. The summed E-state index contributed by atoms with van der Waals surface area (Å²) in [4.78, 5) is 47.2. The molecule has 3 heterocycles. The van der Waals surface area contributed by atoms with Gasteiger partial charge in [-0.15, -0.1) is 0 Å². The molecule has 1 aromatic carbocycles. The summed E-state index contributed by atoms with van der Waals surface area (Å²) in [6.45, 7) is 4.73. The number of hydrogen-bond donors (Lipinski definition) is 4. The van der Waals surface area contributed by atoms with E-state index in [1.54, 1.807) is 12.1 Å². The number of urea groups is 1. The van der Waals surface area contributed by atoms with Crippen molar-refractivity contribution in [2.75, 3.05) is 51.2 Å². The highest BCUT2D eigenvalue weighted by Gasteiger charge is 2.34. The fourth-order valence-electron chi connectivity index (χ4n) is 4.57. The molecule has 3 amide bonds. The van der Waals surface area contributed by atoms with Crippen LogP contribution < -0.4 is 22.5 Å². The highest BCUT2D eigenvalue weighted by Crippen LogP contribution is 2.23. The van der Waals surface area contributed by atoms with Crippen molar-refractivity contribution in [1.29, 1.82) is 0 Å². The highest BCUT2D eigenvalue weighted by molar-refractivity contribution is 6.31. The van der Waals surface area contributed by atoms with Crippen molar-refractivity contribution in [2.24, 2.45) is 11.5 Å². The van der Waals surface area contributed by atoms with E-state index in [1.807, 2.05) is 12.1 Å². The quantitative estimate of drug-likeness (QED) is 0.399. The molecule has 0 spiro atoms. The number of aromatic nitrogens is 2. The summed E-state index contributed by atoms with van der Waals surface area (Å²) in [5.41, 5.74) is 11.4. The smallest absolute Gasteiger partial charge is 0.354 e. The van der Waals surface area contributed by atoms with Gasteiger partial charge in [0.25, 0.3) is 0 Å². The standard InChI is InChI=1S/C25H35ClN8O4/c1-25(28,16-35)22(36)32-10-12-33(13-11-32)23(37)29-21-6-9-34(24(38)30-21)19-3-2-17(20(26)14-19)15-31-7-4-18(27)5-8-31/h2-3,6,9,14,18,35H,4-5,7-8,10-13,15-16,27-28H2,1H3,(H,29,30,37,38)/t25-/m0/s1. The van der Waals surface area contributed by atoms with Crippen molar-refractivity contribution in [3.8, 4) is 5.69 Å². The first-order valence-corrected chi connectivity index (χ1v) is 13.1. The fourth-order valence-corrected chi connectivity index (χ4v) is 4.80. The molecule has 38 heavy (non-hydrogen) atoms. The van der Waals surface area contributed by atoms with Gasteiger partial charge >= 0.3 is 11.7 Å². The minimum absolute atomic E-state index is 0.121. The van der Waals surface area contributed by atoms with Crippen LogP contribution in [0.25, 0.3) is 5.69 Å². The molecule has 206 valence electrons. The molecule has 6 N–H and O–H groups in total. The van der Waals surface area contributed by atoms with Crippen LogP contribution in [0.5, 0.6) is 0 Å². The summed E-state index contributed by atoms with van der Waals surface area (Å²) in [6, 6.07) is 6.84. The molecule has 13 heteroatoms. The third-order valence-corrected chi connectivity index (χ3v) is 7.40. The molecule has 2 fully saturated rings. The van der Waals surface area contributed by atoms with Gasteiger partial charge in [-0.3, -0.25) is 19.6 Å². The molecule has 2 aromatic rings. The maximum atomic E-state index is 12.7. The van der Waals surface area contributed by atoms with Gasteiger partial charge in [-0.2, -0.15) is 4.98 Å². The molecule has 0 unspecified atom stereocenters. The van der Waals surface area contributed by atoms with Gasteiger partial charge in [0.15, 0.2) is 0 Å². The average molecular weight is 547 g/mol. The number of piperazine rings is 1. The van der Waals surface area contributed by atoms with Gasteiger partial charge in [0, 0.05) is 50.0 Å². The van der Waals surface area contributed by atoms with Crippen LogP contribution in [-0.4, -0.2) is 98.8 Å². The van der Waals surface area contributed by atoms with E-state index in [1.165, 1.54) is 27.5 Å². The summed E-state index contributed by atoms with van der Waals surface area (Å²) in [5.74, 6) is -0.245. The molecule has 1 aromatic heterocycles. The second-order valence-corrected chi connectivity index (χ2v) is 10.5. The Morgan fingerprint density at radius 3 is 2.39 bits per heavy atom.